The van der Waals surface area contributed by atoms with E-state index in [1.165, 1.54) is 23.9 Å². The molecule has 0 radical (unpaired) electrons. The predicted molar refractivity (Wildman–Crippen MR) is 114 cm³/mol. The topological polar surface area (TPSA) is 94.4 Å². The lowest BCUT2D eigenvalue weighted by atomic mass is 10.0. The lowest BCUT2D eigenvalue weighted by Gasteiger charge is -2.06. The molecule has 1 aromatic heterocycles. The van der Waals surface area contributed by atoms with E-state index in [9.17, 15) is 14.9 Å². The first-order valence-corrected chi connectivity index (χ1v) is 9.75. The van der Waals surface area contributed by atoms with Gasteiger partial charge in [0.05, 0.1) is 11.5 Å². The molecular formula is C22H27N3O4. The number of hydrogen-bond acceptors (Lipinski definition) is 6. The molecule has 2 aromatic rings. The molecule has 0 fully saturated rings. The molecule has 0 aliphatic rings. The SMILES string of the molecule is CC(C)c1ccc(/C=C/C(=O)OCCCCCNc2ccc([N+](=O)[O-])cn2)cc1. The molecule has 0 saturated carbocycles. The molecule has 1 heterocycles. The molecule has 0 saturated heterocycles. The number of aromatic nitrogens is 1. The second kappa shape index (κ2) is 11.6. The molecule has 0 aliphatic heterocycles. The first-order valence-electron chi connectivity index (χ1n) is 9.75. The van der Waals surface area contributed by atoms with Crippen molar-refractivity contribution in [2.24, 2.45) is 0 Å². The molecule has 2 rings (SSSR count). The van der Waals surface area contributed by atoms with Crippen molar-refractivity contribution in [1.82, 2.24) is 4.98 Å². The summed E-state index contributed by atoms with van der Waals surface area (Å²) in [5, 5.41) is 13.7. The number of hydrogen-bond donors (Lipinski definition) is 1. The van der Waals surface area contributed by atoms with Crippen LogP contribution in [-0.4, -0.2) is 29.0 Å². The molecule has 7 heteroatoms. The Morgan fingerprint density at radius 3 is 2.55 bits per heavy atom. The molecule has 0 amide bonds. The van der Waals surface area contributed by atoms with Crippen molar-refractivity contribution >= 4 is 23.6 Å². The van der Waals surface area contributed by atoms with Gasteiger partial charge in [0.1, 0.15) is 12.0 Å². The van der Waals surface area contributed by atoms with Crippen LogP contribution in [0.1, 0.15) is 50.2 Å². The van der Waals surface area contributed by atoms with E-state index in [0.717, 1.165) is 24.8 Å². The Hall–Kier alpha value is -3.22. The zero-order valence-electron chi connectivity index (χ0n) is 16.8. The van der Waals surface area contributed by atoms with E-state index in [2.05, 4.69) is 36.3 Å². The summed E-state index contributed by atoms with van der Waals surface area (Å²) < 4.78 is 5.20. The monoisotopic (exact) mass is 397 g/mol. The third kappa shape index (κ3) is 8.13. The summed E-state index contributed by atoms with van der Waals surface area (Å²) in [6.45, 7) is 5.37. The van der Waals surface area contributed by atoms with Gasteiger partial charge in [0, 0.05) is 18.7 Å². The van der Waals surface area contributed by atoms with Crippen LogP contribution in [0.5, 0.6) is 0 Å². The number of rotatable bonds is 11. The van der Waals surface area contributed by atoms with Crippen molar-refractivity contribution in [3.05, 3.63) is 69.9 Å². The van der Waals surface area contributed by atoms with E-state index in [1.807, 2.05) is 12.1 Å². The van der Waals surface area contributed by atoms with Crippen LogP contribution in [0.3, 0.4) is 0 Å². The Balaban J connectivity index is 1.56. The minimum absolute atomic E-state index is 0.0287. The molecular weight excluding hydrogens is 370 g/mol. The van der Waals surface area contributed by atoms with E-state index >= 15 is 0 Å². The average Bonchev–Trinajstić information content (AvgIpc) is 2.72. The lowest BCUT2D eigenvalue weighted by Crippen LogP contribution is -2.05. The smallest absolute Gasteiger partial charge is 0.330 e. The van der Waals surface area contributed by atoms with Crippen LogP contribution in [0.15, 0.2) is 48.7 Å². The highest BCUT2D eigenvalue weighted by Crippen LogP contribution is 2.15. The lowest BCUT2D eigenvalue weighted by molar-refractivity contribution is -0.385. The maximum absolute atomic E-state index is 11.8. The maximum Gasteiger partial charge on any atom is 0.330 e. The predicted octanol–water partition coefficient (Wildman–Crippen LogP) is 4.95. The standard InChI is InChI=1S/C22H27N3O4/c1-17(2)19-9-6-18(7-10-19)8-13-22(26)29-15-5-3-4-14-23-21-12-11-20(16-24-21)25(27)28/h6-13,16-17H,3-5,14-15H2,1-2H3,(H,23,24)/b13-8+. The van der Waals surface area contributed by atoms with Gasteiger partial charge in [-0.1, -0.05) is 38.1 Å². The van der Waals surface area contributed by atoms with Gasteiger partial charge in [-0.2, -0.15) is 0 Å². The van der Waals surface area contributed by atoms with Crippen LogP contribution >= 0.6 is 0 Å². The highest BCUT2D eigenvalue weighted by molar-refractivity contribution is 5.87. The van der Waals surface area contributed by atoms with Gasteiger partial charge in [0.2, 0.25) is 0 Å². The third-order valence-electron chi connectivity index (χ3n) is 4.35. The summed E-state index contributed by atoms with van der Waals surface area (Å²) in [5.74, 6) is 0.748. The molecule has 0 spiro atoms. The summed E-state index contributed by atoms with van der Waals surface area (Å²) in [4.78, 5) is 25.8. The van der Waals surface area contributed by atoms with E-state index < -0.39 is 4.92 Å². The summed E-state index contributed by atoms with van der Waals surface area (Å²) >= 11 is 0. The van der Waals surface area contributed by atoms with Crippen molar-refractivity contribution in [2.75, 3.05) is 18.5 Å². The van der Waals surface area contributed by atoms with Crippen molar-refractivity contribution in [3.8, 4) is 0 Å². The molecule has 0 atom stereocenters. The number of nitrogens with one attached hydrogen (secondary N) is 1. The van der Waals surface area contributed by atoms with Crippen LogP contribution in [0, 0.1) is 10.1 Å². The first kappa shape index (κ1) is 22.1. The number of benzene rings is 1. The number of carbonyl (C=O) groups is 1. The Labute approximate surface area is 171 Å². The Kier molecular flexibility index (Phi) is 8.82. The fourth-order valence-electron chi connectivity index (χ4n) is 2.60. The van der Waals surface area contributed by atoms with E-state index in [1.54, 1.807) is 12.1 Å². The molecule has 29 heavy (non-hydrogen) atoms. The zero-order valence-corrected chi connectivity index (χ0v) is 16.8. The van der Waals surface area contributed by atoms with Crippen LogP contribution < -0.4 is 5.32 Å². The van der Waals surface area contributed by atoms with Crippen LogP contribution in [-0.2, 0) is 9.53 Å². The van der Waals surface area contributed by atoms with Crippen LogP contribution in [0.2, 0.25) is 0 Å². The summed E-state index contributed by atoms with van der Waals surface area (Å²) in [7, 11) is 0. The summed E-state index contributed by atoms with van der Waals surface area (Å²) in [5.41, 5.74) is 2.21. The number of carbonyl (C=O) groups excluding carboxylic acids is 1. The van der Waals surface area contributed by atoms with Crippen molar-refractivity contribution in [2.45, 2.75) is 39.0 Å². The normalized spacial score (nSPS) is 11.0. The van der Waals surface area contributed by atoms with E-state index in [-0.39, 0.29) is 11.7 Å². The van der Waals surface area contributed by atoms with Gasteiger partial charge in [0.15, 0.2) is 0 Å². The van der Waals surface area contributed by atoms with Gasteiger partial charge in [-0.05, 0) is 48.4 Å². The minimum atomic E-state index is -0.476. The van der Waals surface area contributed by atoms with Gasteiger partial charge in [-0.3, -0.25) is 10.1 Å². The van der Waals surface area contributed by atoms with E-state index in [0.29, 0.717) is 24.9 Å². The zero-order chi connectivity index (χ0) is 21.1. The number of esters is 1. The Morgan fingerprint density at radius 1 is 1.17 bits per heavy atom. The molecule has 0 bridgehead atoms. The van der Waals surface area contributed by atoms with Gasteiger partial charge >= 0.3 is 5.97 Å². The number of nitro groups is 1. The second-order valence-electron chi connectivity index (χ2n) is 6.97. The van der Waals surface area contributed by atoms with E-state index in [4.69, 9.17) is 4.74 Å². The van der Waals surface area contributed by atoms with Crippen molar-refractivity contribution in [3.63, 3.8) is 0 Å². The minimum Gasteiger partial charge on any atom is -0.463 e. The van der Waals surface area contributed by atoms with Gasteiger partial charge in [0.25, 0.3) is 5.69 Å². The molecule has 0 unspecified atom stereocenters. The largest absolute Gasteiger partial charge is 0.463 e. The van der Waals surface area contributed by atoms with Crippen LogP contribution in [0.4, 0.5) is 11.5 Å². The molecule has 1 aromatic carbocycles. The molecule has 154 valence electrons. The summed E-state index contributed by atoms with van der Waals surface area (Å²) in [6.07, 6.45) is 6.99. The van der Waals surface area contributed by atoms with Gasteiger partial charge in [-0.15, -0.1) is 0 Å². The highest BCUT2D eigenvalue weighted by Gasteiger charge is 2.04. The number of ether oxygens (including phenoxy) is 1. The molecule has 1 N–H and O–H groups in total. The third-order valence-corrected chi connectivity index (χ3v) is 4.35. The van der Waals surface area contributed by atoms with Crippen LogP contribution in [0.25, 0.3) is 6.08 Å². The average molecular weight is 397 g/mol. The Bertz CT molecular complexity index is 815. The van der Waals surface area contributed by atoms with Crippen molar-refractivity contribution in [1.29, 1.82) is 0 Å². The number of anilines is 1. The second-order valence-corrected chi connectivity index (χ2v) is 6.97. The highest BCUT2D eigenvalue weighted by atomic mass is 16.6. The molecule has 7 nitrogen and oxygen atoms in total. The fourth-order valence-corrected chi connectivity index (χ4v) is 2.60. The summed E-state index contributed by atoms with van der Waals surface area (Å²) in [6, 6.07) is 11.1. The quantitative estimate of drug-likeness (QED) is 0.189. The maximum atomic E-state index is 11.8. The number of unbranched alkanes of at least 4 members (excludes halogenated alkanes) is 2. The van der Waals surface area contributed by atoms with Gasteiger partial charge in [-0.25, -0.2) is 9.78 Å². The Morgan fingerprint density at radius 2 is 1.93 bits per heavy atom. The first-order chi connectivity index (χ1) is 14.0. The molecule has 0 aliphatic carbocycles. The fraction of sp³-hybridized carbons (Fsp3) is 0.364. The number of pyridine rings is 1. The van der Waals surface area contributed by atoms with Crippen molar-refractivity contribution < 1.29 is 14.5 Å². The van der Waals surface area contributed by atoms with Gasteiger partial charge < -0.3 is 10.1 Å². The number of nitrogens with zero attached hydrogens (tertiary/aromatic N) is 2.